The molecule has 1 rings (SSSR count). The number of hydrogen-bond donors (Lipinski definition) is 1. The molecule has 1 aliphatic carbocycles. The van der Waals surface area contributed by atoms with Gasteiger partial charge in [0, 0.05) is 6.42 Å². The van der Waals surface area contributed by atoms with Crippen LogP contribution in [0, 0.1) is 5.92 Å². The van der Waals surface area contributed by atoms with Crippen molar-refractivity contribution in [1.82, 2.24) is 0 Å². The van der Waals surface area contributed by atoms with Crippen molar-refractivity contribution in [2.75, 3.05) is 0 Å². The van der Waals surface area contributed by atoms with Gasteiger partial charge in [-0.3, -0.25) is 4.79 Å². The molecule has 1 fully saturated rings. The first-order valence-electron chi connectivity index (χ1n) is 3.00. The van der Waals surface area contributed by atoms with Gasteiger partial charge in [0.25, 0.3) is 0 Å². The van der Waals surface area contributed by atoms with Crippen LogP contribution in [-0.4, -0.2) is 11.8 Å². The van der Waals surface area contributed by atoms with E-state index in [0.29, 0.717) is 12.3 Å². The summed E-state index contributed by atoms with van der Waals surface area (Å²) in [6.45, 7) is 2.02. The summed E-state index contributed by atoms with van der Waals surface area (Å²) in [5, 5.41) is 0. The molecular formula is C6H11NO. The predicted molar refractivity (Wildman–Crippen MR) is 31.4 cm³/mol. The van der Waals surface area contributed by atoms with Gasteiger partial charge in [-0.1, -0.05) is 6.92 Å². The minimum Gasteiger partial charge on any atom is -0.321 e. The summed E-state index contributed by atoms with van der Waals surface area (Å²) in [5.74, 6) is 0.653. The Kier molecular flexibility index (Phi) is 1.34. The largest absolute Gasteiger partial charge is 0.321 e. The first-order chi connectivity index (χ1) is 3.72. The zero-order valence-electron chi connectivity index (χ0n) is 5.05. The molecule has 0 unspecified atom stereocenters. The number of ketones is 1. The molecule has 0 aromatic heterocycles. The Morgan fingerprint density at radius 2 is 2.38 bits per heavy atom. The van der Waals surface area contributed by atoms with E-state index in [9.17, 15) is 4.79 Å². The number of rotatable bonds is 0. The van der Waals surface area contributed by atoms with Crippen LogP contribution in [0.5, 0.6) is 0 Å². The van der Waals surface area contributed by atoms with Crippen molar-refractivity contribution in [1.29, 1.82) is 0 Å². The van der Waals surface area contributed by atoms with Crippen molar-refractivity contribution in [3.63, 3.8) is 0 Å². The van der Waals surface area contributed by atoms with E-state index in [1.54, 1.807) is 0 Å². The lowest BCUT2D eigenvalue weighted by Gasteiger charge is -2.04. The monoisotopic (exact) mass is 113 g/mol. The molecule has 1 aliphatic rings. The second-order valence-corrected chi connectivity index (χ2v) is 2.51. The molecule has 1 saturated carbocycles. The fraction of sp³-hybridized carbons (Fsp3) is 0.833. The minimum absolute atomic E-state index is 0.157. The summed E-state index contributed by atoms with van der Waals surface area (Å²) in [4.78, 5) is 10.7. The van der Waals surface area contributed by atoms with E-state index in [-0.39, 0.29) is 11.8 Å². The number of hydrogen-bond acceptors (Lipinski definition) is 2. The number of carbonyl (C=O) groups excluding carboxylic acids is 1. The van der Waals surface area contributed by atoms with Gasteiger partial charge in [0.15, 0.2) is 0 Å². The Morgan fingerprint density at radius 3 is 2.50 bits per heavy atom. The average Bonchev–Trinajstić information content (AvgIpc) is 1.98. The van der Waals surface area contributed by atoms with Crippen LogP contribution in [0.2, 0.25) is 0 Å². The van der Waals surface area contributed by atoms with Gasteiger partial charge in [-0.05, 0) is 12.3 Å². The Balaban J connectivity index is 2.56. The molecule has 2 N–H and O–H groups in total. The summed E-state index contributed by atoms with van der Waals surface area (Å²) in [6, 6.07) is -0.157. The van der Waals surface area contributed by atoms with Gasteiger partial charge in [-0.25, -0.2) is 0 Å². The quantitative estimate of drug-likeness (QED) is 0.491. The lowest BCUT2D eigenvalue weighted by atomic mass is 10.1. The highest BCUT2D eigenvalue weighted by molar-refractivity contribution is 5.86. The molecule has 0 radical (unpaired) electrons. The maximum atomic E-state index is 10.7. The topological polar surface area (TPSA) is 43.1 Å². The number of Topliss-reactive ketones (excluding diaryl/α,β-unsaturated/α-hetero) is 1. The third kappa shape index (κ3) is 0.757. The lowest BCUT2D eigenvalue weighted by Crippen LogP contribution is -2.29. The average molecular weight is 113 g/mol. The molecule has 0 bridgehead atoms. The first kappa shape index (κ1) is 5.76. The Labute approximate surface area is 49.1 Å². The normalized spacial score (nSPS) is 38.5. The van der Waals surface area contributed by atoms with Crippen molar-refractivity contribution in [2.45, 2.75) is 25.8 Å². The molecule has 8 heavy (non-hydrogen) atoms. The molecule has 2 heteroatoms. The van der Waals surface area contributed by atoms with Gasteiger partial charge in [-0.2, -0.15) is 0 Å². The standard InChI is InChI=1S/C6H11NO/c1-4-2-3-5(8)6(4)7/h4,6H,2-3,7H2,1H3/t4-,6+/m1/s1. The van der Waals surface area contributed by atoms with Gasteiger partial charge < -0.3 is 5.73 Å². The first-order valence-corrected chi connectivity index (χ1v) is 3.00. The molecular weight excluding hydrogens is 102 g/mol. The molecule has 0 heterocycles. The third-order valence-corrected chi connectivity index (χ3v) is 1.83. The Morgan fingerprint density at radius 1 is 1.75 bits per heavy atom. The van der Waals surface area contributed by atoms with E-state index < -0.39 is 0 Å². The molecule has 0 aromatic rings. The molecule has 46 valence electrons. The summed E-state index contributed by atoms with van der Waals surface area (Å²) in [7, 11) is 0. The molecule has 0 spiro atoms. The molecule has 2 nitrogen and oxygen atoms in total. The minimum atomic E-state index is -0.157. The third-order valence-electron chi connectivity index (χ3n) is 1.83. The van der Waals surface area contributed by atoms with Gasteiger partial charge in [0.1, 0.15) is 5.78 Å². The summed E-state index contributed by atoms with van der Waals surface area (Å²) in [5.41, 5.74) is 5.47. The highest BCUT2D eigenvalue weighted by Crippen LogP contribution is 2.19. The highest BCUT2D eigenvalue weighted by atomic mass is 16.1. The predicted octanol–water partition coefficient (Wildman–Crippen LogP) is 0.313. The second-order valence-electron chi connectivity index (χ2n) is 2.51. The van der Waals surface area contributed by atoms with Crippen molar-refractivity contribution >= 4 is 5.78 Å². The maximum Gasteiger partial charge on any atom is 0.149 e. The van der Waals surface area contributed by atoms with Crippen LogP contribution in [-0.2, 0) is 4.79 Å². The zero-order chi connectivity index (χ0) is 6.15. The maximum absolute atomic E-state index is 10.7. The van der Waals surface area contributed by atoms with Crippen LogP contribution in [0.4, 0.5) is 0 Å². The van der Waals surface area contributed by atoms with Crippen LogP contribution in [0.25, 0.3) is 0 Å². The van der Waals surface area contributed by atoms with E-state index in [0.717, 1.165) is 6.42 Å². The van der Waals surface area contributed by atoms with Crippen LogP contribution in [0.15, 0.2) is 0 Å². The van der Waals surface area contributed by atoms with E-state index in [4.69, 9.17) is 5.73 Å². The van der Waals surface area contributed by atoms with Crippen LogP contribution in [0.3, 0.4) is 0 Å². The number of nitrogens with two attached hydrogens (primary N) is 1. The van der Waals surface area contributed by atoms with Gasteiger partial charge in [-0.15, -0.1) is 0 Å². The van der Waals surface area contributed by atoms with E-state index in [2.05, 4.69) is 0 Å². The molecule has 0 aromatic carbocycles. The van der Waals surface area contributed by atoms with Crippen molar-refractivity contribution in [3.8, 4) is 0 Å². The number of carbonyl (C=O) groups is 1. The Bertz CT molecular complexity index is 111. The van der Waals surface area contributed by atoms with Crippen molar-refractivity contribution in [2.24, 2.45) is 11.7 Å². The van der Waals surface area contributed by atoms with Crippen LogP contribution < -0.4 is 5.73 Å². The summed E-state index contributed by atoms with van der Waals surface area (Å²) in [6.07, 6.45) is 1.68. The lowest BCUT2D eigenvalue weighted by molar-refractivity contribution is -0.118. The van der Waals surface area contributed by atoms with Crippen molar-refractivity contribution < 1.29 is 4.79 Å². The highest BCUT2D eigenvalue weighted by Gasteiger charge is 2.27. The summed E-state index contributed by atoms with van der Waals surface area (Å²) >= 11 is 0. The van der Waals surface area contributed by atoms with Crippen LogP contribution in [0.1, 0.15) is 19.8 Å². The van der Waals surface area contributed by atoms with Crippen LogP contribution >= 0.6 is 0 Å². The molecule has 2 atom stereocenters. The fourth-order valence-corrected chi connectivity index (χ4v) is 1.03. The van der Waals surface area contributed by atoms with E-state index in [1.165, 1.54) is 0 Å². The molecule has 0 aliphatic heterocycles. The van der Waals surface area contributed by atoms with E-state index >= 15 is 0 Å². The second kappa shape index (κ2) is 1.86. The fourth-order valence-electron chi connectivity index (χ4n) is 1.03. The zero-order valence-corrected chi connectivity index (χ0v) is 5.05. The van der Waals surface area contributed by atoms with E-state index in [1.807, 2.05) is 6.92 Å². The summed E-state index contributed by atoms with van der Waals surface area (Å²) < 4.78 is 0. The Hall–Kier alpha value is -0.370. The van der Waals surface area contributed by atoms with Gasteiger partial charge in [0.05, 0.1) is 6.04 Å². The van der Waals surface area contributed by atoms with Gasteiger partial charge >= 0.3 is 0 Å². The van der Waals surface area contributed by atoms with Gasteiger partial charge in [0.2, 0.25) is 0 Å². The smallest absolute Gasteiger partial charge is 0.149 e. The molecule has 0 amide bonds. The SMILES string of the molecule is C[C@@H]1CCC(=O)[C@H]1N. The molecule has 0 saturated heterocycles. The van der Waals surface area contributed by atoms with Crippen molar-refractivity contribution in [3.05, 3.63) is 0 Å².